The van der Waals surface area contributed by atoms with Crippen LogP contribution in [0.2, 0.25) is 5.02 Å². The molecule has 1 amide bonds. The highest BCUT2D eigenvalue weighted by molar-refractivity contribution is 6.35. The van der Waals surface area contributed by atoms with Gasteiger partial charge in [0.05, 0.1) is 0 Å². The lowest BCUT2D eigenvalue weighted by Crippen LogP contribution is -2.32. The number of rotatable bonds is 5. The molecule has 0 saturated heterocycles. The van der Waals surface area contributed by atoms with Crippen molar-refractivity contribution in [2.24, 2.45) is 5.73 Å². The molecule has 0 radical (unpaired) electrons. The Morgan fingerprint density at radius 3 is 2.52 bits per heavy atom. The highest BCUT2D eigenvalue weighted by atomic mass is 35.5. The van der Waals surface area contributed by atoms with Gasteiger partial charge in [-0.2, -0.15) is 0 Å². The number of hydrogen-bond acceptors (Lipinski definition) is 4. The molecular weight excluding hydrogens is 294 g/mol. The Balaban J connectivity index is 2.09. The average molecular weight is 308 g/mol. The molecule has 6 heteroatoms. The molecule has 5 nitrogen and oxygen atoms in total. The molecule has 21 heavy (non-hydrogen) atoms. The second-order valence-corrected chi connectivity index (χ2v) is 4.82. The van der Waals surface area contributed by atoms with Gasteiger partial charge in [-0.05, 0) is 19.1 Å². The SMILES string of the molecule is C[C@H](OC(=O)COc1ccc(Cl)c2ccccc12)C(N)=O. The van der Waals surface area contributed by atoms with Crippen LogP contribution in [0.3, 0.4) is 0 Å². The minimum absolute atomic E-state index is 0.316. The van der Waals surface area contributed by atoms with E-state index in [9.17, 15) is 9.59 Å². The maximum Gasteiger partial charge on any atom is 0.344 e. The molecule has 2 rings (SSSR count). The van der Waals surface area contributed by atoms with Crippen LogP contribution in [0.4, 0.5) is 0 Å². The van der Waals surface area contributed by atoms with Crippen LogP contribution >= 0.6 is 11.6 Å². The summed E-state index contributed by atoms with van der Waals surface area (Å²) in [6.45, 7) is 1.08. The third-order valence-electron chi connectivity index (χ3n) is 2.89. The fourth-order valence-electron chi connectivity index (χ4n) is 1.79. The first-order valence-corrected chi connectivity index (χ1v) is 6.65. The van der Waals surface area contributed by atoms with Crippen LogP contribution in [0.15, 0.2) is 36.4 Å². The smallest absolute Gasteiger partial charge is 0.344 e. The maximum atomic E-state index is 11.6. The lowest BCUT2D eigenvalue weighted by molar-refractivity contribution is -0.155. The lowest BCUT2D eigenvalue weighted by atomic mass is 10.1. The summed E-state index contributed by atoms with van der Waals surface area (Å²) in [5.74, 6) is -0.862. The molecule has 2 aromatic carbocycles. The molecule has 0 aliphatic rings. The van der Waals surface area contributed by atoms with E-state index in [1.54, 1.807) is 12.1 Å². The van der Waals surface area contributed by atoms with E-state index in [4.69, 9.17) is 26.8 Å². The van der Waals surface area contributed by atoms with E-state index in [2.05, 4.69) is 0 Å². The van der Waals surface area contributed by atoms with Crippen LogP contribution in [0, 0.1) is 0 Å². The third kappa shape index (κ3) is 3.64. The minimum atomic E-state index is -0.983. The van der Waals surface area contributed by atoms with Gasteiger partial charge in [0, 0.05) is 15.8 Å². The van der Waals surface area contributed by atoms with Gasteiger partial charge in [-0.3, -0.25) is 4.79 Å². The summed E-state index contributed by atoms with van der Waals surface area (Å²) in [5, 5.41) is 2.22. The summed E-state index contributed by atoms with van der Waals surface area (Å²) in [6, 6.07) is 10.8. The molecule has 0 spiro atoms. The predicted molar refractivity (Wildman–Crippen MR) is 79.2 cm³/mol. The van der Waals surface area contributed by atoms with Crippen molar-refractivity contribution in [2.45, 2.75) is 13.0 Å². The number of nitrogens with two attached hydrogens (primary N) is 1. The molecule has 2 aromatic rings. The van der Waals surface area contributed by atoms with Gasteiger partial charge in [0.1, 0.15) is 5.75 Å². The normalized spacial score (nSPS) is 11.9. The second kappa shape index (κ2) is 6.45. The van der Waals surface area contributed by atoms with Crippen molar-refractivity contribution in [3.63, 3.8) is 0 Å². The topological polar surface area (TPSA) is 78.6 Å². The number of primary amides is 1. The van der Waals surface area contributed by atoms with Crippen molar-refractivity contribution in [3.05, 3.63) is 41.4 Å². The van der Waals surface area contributed by atoms with Gasteiger partial charge < -0.3 is 15.2 Å². The zero-order chi connectivity index (χ0) is 15.4. The van der Waals surface area contributed by atoms with Gasteiger partial charge in [-0.1, -0.05) is 35.9 Å². The summed E-state index contributed by atoms with van der Waals surface area (Å²) >= 11 is 6.10. The van der Waals surface area contributed by atoms with Gasteiger partial charge in [-0.25, -0.2) is 4.79 Å². The number of halogens is 1. The fraction of sp³-hybridized carbons (Fsp3) is 0.200. The Morgan fingerprint density at radius 1 is 1.19 bits per heavy atom. The van der Waals surface area contributed by atoms with Gasteiger partial charge in [0.25, 0.3) is 5.91 Å². The maximum absolute atomic E-state index is 11.6. The first kappa shape index (κ1) is 15.1. The monoisotopic (exact) mass is 307 g/mol. The molecule has 0 unspecified atom stereocenters. The number of benzene rings is 2. The first-order valence-electron chi connectivity index (χ1n) is 6.28. The Kier molecular flexibility index (Phi) is 4.65. The molecule has 1 atom stereocenters. The number of esters is 1. The summed E-state index contributed by atoms with van der Waals surface area (Å²) in [7, 11) is 0. The van der Waals surface area contributed by atoms with E-state index in [0.29, 0.717) is 10.8 Å². The molecular formula is C15H14ClNO4. The van der Waals surface area contributed by atoms with Gasteiger partial charge in [0.2, 0.25) is 0 Å². The third-order valence-corrected chi connectivity index (χ3v) is 3.21. The highest BCUT2D eigenvalue weighted by Crippen LogP contribution is 2.31. The molecule has 2 N–H and O–H groups in total. The predicted octanol–water partition coefficient (Wildman–Crippen LogP) is 2.29. The van der Waals surface area contributed by atoms with Crippen molar-refractivity contribution >= 4 is 34.2 Å². The molecule has 0 aromatic heterocycles. The van der Waals surface area contributed by atoms with Crippen molar-refractivity contribution in [1.29, 1.82) is 0 Å². The molecule has 0 bridgehead atoms. The Bertz CT molecular complexity index is 686. The van der Waals surface area contributed by atoms with E-state index in [0.717, 1.165) is 10.8 Å². The standard InChI is InChI=1S/C15H14ClNO4/c1-9(15(17)19)21-14(18)8-20-13-7-6-12(16)10-4-2-3-5-11(10)13/h2-7,9H,8H2,1H3,(H2,17,19)/t9-/m0/s1. The highest BCUT2D eigenvalue weighted by Gasteiger charge is 2.15. The summed E-state index contributed by atoms with van der Waals surface area (Å²) in [4.78, 5) is 22.4. The molecule has 0 fully saturated rings. The van der Waals surface area contributed by atoms with Crippen molar-refractivity contribution in [2.75, 3.05) is 6.61 Å². The Morgan fingerprint density at radius 2 is 1.86 bits per heavy atom. The van der Waals surface area contributed by atoms with E-state index >= 15 is 0 Å². The van der Waals surface area contributed by atoms with Crippen LogP contribution in [-0.2, 0) is 14.3 Å². The zero-order valence-corrected chi connectivity index (χ0v) is 12.1. The summed E-state index contributed by atoms with van der Waals surface area (Å²) in [6.07, 6.45) is -0.983. The second-order valence-electron chi connectivity index (χ2n) is 4.41. The Labute approximate surface area is 126 Å². The van der Waals surface area contributed by atoms with Crippen LogP contribution in [0.5, 0.6) is 5.75 Å². The van der Waals surface area contributed by atoms with E-state index in [1.807, 2.05) is 24.3 Å². The molecule has 0 heterocycles. The molecule has 0 aliphatic heterocycles. The molecule has 0 aliphatic carbocycles. The minimum Gasteiger partial charge on any atom is -0.481 e. The van der Waals surface area contributed by atoms with Crippen molar-refractivity contribution in [1.82, 2.24) is 0 Å². The van der Waals surface area contributed by atoms with Crippen molar-refractivity contribution in [3.8, 4) is 5.75 Å². The van der Waals surface area contributed by atoms with Crippen molar-refractivity contribution < 1.29 is 19.1 Å². The van der Waals surface area contributed by atoms with E-state index in [-0.39, 0.29) is 6.61 Å². The summed E-state index contributed by atoms with van der Waals surface area (Å²) in [5.41, 5.74) is 5.01. The lowest BCUT2D eigenvalue weighted by Gasteiger charge is -2.12. The van der Waals surface area contributed by atoms with Crippen LogP contribution in [-0.4, -0.2) is 24.6 Å². The Hall–Kier alpha value is -2.27. The van der Waals surface area contributed by atoms with Crippen LogP contribution in [0.1, 0.15) is 6.92 Å². The van der Waals surface area contributed by atoms with Crippen LogP contribution in [0.25, 0.3) is 10.8 Å². The quantitative estimate of drug-likeness (QED) is 0.860. The first-order chi connectivity index (χ1) is 9.99. The fourth-order valence-corrected chi connectivity index (χ4v) is 2.01. The zero-order valence-electron chi connectivity index (χ0n) is 11.3. The number of hydrogen-bond donors (Lipinski definition) is 1. The molecule has 0 saturated carbocycles. The molecule has 110 valence electrons. The largest absolute Gasteiger partial charge is 0.481 e. The van der Waals surface area contributed by atoms with Gasteiger partial charge in [0.15, 0.2) is 12.7 Å². The van der Waals surface area contributed by atoms with Gasteiger partial charge >= 0.3 is 5.97 Å². The number of ether oxygens (including phenoxy) is 2. The summed E-state index contributed by atoms with van der Waals surface area (Å²) < 4.78 is 10.2. The van der Waals surface area contributed by atoms with Crippen LogP contribution < -0.4 is 10.5 Å². The van der Waals surface area contributed by atoms with E-state index in [1.165, 1.54) is 6.92 Å². The number of amides is 1. The van der Waals surface area contributed by atoms with E-state index < -0.39 is 18.0 Å². The van der Waals surface area contributed by atoms with Gasteiger partial charge in [-0.15, -0.1) is 0 Å². The number of carbonyl (C=O) groups is 2. The average Bonchev–Trinajstić information content (AvgIpc) is 2.46. The number of carbonyl (C=O) groups excluding carboxylic acids is 2. The number of fused-ring (bicyclic) bond motifs is 1.